The molecule has 0 bridgehead atoms. The molecule has 3 N–H and O–H groups in total. The van der Waals surface area contributed by atoms with Crippen LogP contribution in [0.3, 0.4) is 0 Å². The van der Waals surface area contributed by atoms with Crippen LogP contribution in [0.25, 0.3) is 0 Å². The molecule has 1 heterocycles. The Bertz CT molecular complexity index is 313. The third kappa shape index (κ3) is 3.32. The monoisotopic (exact) mass is 207 g/mol. The van der Waals surface area contributed by atoms with Crippen LogP contribution in [0.5, 0.6) is 0 Å². The molecule has 1 amide bonds. The van der Waals surface area contributed by atoms with Gasteiger partial charge in [0.05, 0.1) is 11.7 Å². The third-order valence-corrected chi connectivity index (χ3v) is 2.33. The number of pyridine rings is 1. The van der Waals surface area contributed by atoms with Gasteiger partial charge in [0.25, 0.3) is 0 Å². The Kier molecular flexibility index (Phi) is 4.24. The van der Waals surface area contributed by atoms with E-state index in [-0.39, 0.29) is 18.0 Å². The van der Waals surface area contributed by atoms with E-state index in [9.17, 15) is 4.79 Å². The van der Waals surface area contributed by atoms with Crippen LogP contribution in [0, 0.1) is 0 Å². The molecule has 1 aromatic rings. The highest BCUT2D eigenvalue weighted by molar-refractivity contribution is 5.79. The Morgan fingerprint density at radius 3 is 2.80 bits per heavy atom. The standard InChI is InChI=1S/C11H17N3O/c1-3-9(11(12)15)14-8(2)10-6-4-5-7-13-10/h4-9,14H,3H2,1-2H3,(H2,12,15). The molecular weight excluding hydrogens is 190 g/mol. The summed E-state index contributed by atoms with van der Waals surface area (Å²) in [6.45, 7) is 3.89. The summed E-state index contributed by atoms with van der Waals surface area (Å²) < 4.78 is 0. The molecular formula is C11H17N3O. The molecule has 0 radical (unpaired) electrons. The van der Waals surface area contributed by atoms with Crippen LogP contribution in [0.2, 0.25) is 0 Å². The maximum atomic E-state index is 11.0. The second kappa shape index (κ2) is 5.46. The van der Waals surface area contributed by atoms with E-state index in [2.05, 4.69) is 10.3 Å². The molecule has 0 aliphatic carbocycles. The summed E-state index contributed by atoms with van der Waals surface area (Å²) in [6, 6.07) is 5.45. The fourth-order valence-corrected chi connectivity index (χ4v) is 1.42. The van der Waals surface area contributed by atoms with Crippen molar-refractivity contribution in [2.45, 2.75) is 32.4 Å². The molecule has 0 saturated carbocycles. The Balaban J connectivity index is 2.62. The van der Waals surface area contributed by atoms with Crippen LogP contribution >= 0.6 is 0 Å². The topological polar surface area (TPSA) is 68.0 Å². The fraction of sp³-hybridized carbons (Fsp3) is 0.455. The smallest absolute Gasteiger partial charge is 0.234 e. The molecule has 82 valence electrons. The van der Waals surface area contributed by atoms with Gasteiger partial charge in [-0.05, 0) is 25.5 Å². The van der Waals surface area contributed by atoms with Gasteiger partial charge in [-0.25, -0.2) is 0 Å². The summed E-state index contributed by atoms with van der Waals surface area (Å²) in [7, 11) is 0. The molecule has 2 unspecified atom stereocenters. The summed E-state index contributed by atoms with van der Waals surface area (Å²) in [6.07, 6.45) is 2.42. The predicted molar refractivity (Wildman–Crippen MR) is 59.1 cm³/mol. The SMILES string of the molecule is CCC(NC(C)c1ccccn1)C(N)=O. The van der Waals surface area contributed by atoms with Gasteiger partial charge in [-0.3, -0.25) is 15.1 Å². The maximum absolute atomic E-state index is 11.0. The molecule has 4 nitrogen and oxygen atoms in total. The first-order chi connectivity index (χ1) is 7.15. The van der Waals surface area contributed by atoms with Crippen molar-refractivity contribution >= 4 is 5.91 Å². The van der Waals surface area contributed by atoms with Gasteiger partial charge >= 0.3 is 0 Å². The number of carbonyl (C=O) groups excluding carboxylic acids is 1. The van der Waals surface area contributed by atoms with E-state index in [1.807, 2.05) is 32.0 Å². The van der Waals surface area contributed by atoms with E-state index in [1.165, 1.54) is 0 Å². The minimum atomic E-state index is -0.319. The Hall–Kier alpha value is -1.42. The van der Waals surface area contributed by atoms with Crippen LogP contribution in [0.1, 0.15) is 32.0 Å². The number of nitrogens with two attached hydrogens (primary N) is 1. The fourth-order valence-electron chi connectivity index (χ4n) is 1.42. The highest BCUT2D eigenvalue weighted by Crippen LogP contribution is 2.09. The van der Waals surface area contributed by atoms with Crippen molar-refractivity contribution in [3.05, 3.63) is 30.1 Å². The number of hydrogen-bond acceptors (Lipinski definition) is 3. The van der Waals surface area contributed by atoms with Crippen LogP contribution in [0.15, 0.2) is 24.4 Å². The molecule has 2 atom stereocenters. The molecule has 1 aromatic heterocycles. The Morgan fingerprint density at radius 1 is 1.60 bits per heavy atom. The van der Waals surface area contributed by atoms with Crippen LogP contribution in [0.4, 0.5) is 0 Å². The quantitative estimate of drug-likeness (QED) is 0.756. The van der Waals surface area contributed by atoms with E-state index in [1.54, 1.807) is 6.20 Å². The summed E-state index contributed by atoms with van der Waals surface area (Å²) in [5, 5.41) is 3.15. The van der Waals surface area contributed by atoms with Crippen LogP contribution in [-0.4, -0.2) is 16.9 Å². The number of nitrogens with one attached hydrogen (secondary N) is 1. The van der Waals surface area contributed by atoms with Gasteiger partial charge < -0.3 is 5.73 Å². The van der Waals surface area contributed by atoms with Crippen molar-refractivity contribution in [3.8, 4) is 0 Å². The molecule has 15 heavy (non-hydrogen) atoms. The first kappa shape index (κ1) is 11.7. The highest BCUT2D eigenvalue weighted by atomic mass is 16.1. The lowest BCUT2D eigenvalue weighted by atomic mass is 10.1. The average Bonchev–Trinajstić information content (AvgIpc) is 2.26. The minimum Gasteiger partial charge on any atom is -0.368 e. The van der Waals surface area contributed by atoms with Crippen LogP contribution in [-0.2, 0) is 4.79 Å². The second-order valence-electron chi connectivity index (χ2n) is 3.51. The number of amides is 1. The molecule has 1 rings (SSSR count). The van der Waals surface area contributed by atoms with E-state index in [0.717, 1.165) is 5.69 Å². The number of rotatable bonds is 5. The molecule has 0 aliphatic heterocycles. The zero-order chi connectivity index (χ0) is 11.3. The first-order valence-electron chi connectivity index (χ1n) is 5.11. The van der Waals surface area contributed by atoms with Gasteiger partial charge in [0.15, 0.2) is 0 Å². The first-order valence-corrected chi connectivity index (χ1v) is 5.11. The van der Waals surface area contributed by atoms with Gasteiger partial charge in [0.1, 0.15) is 0 Å². The lowest BCUT2D eigenvalue weighted by Crippen LogP contribution is -2.42. The van der Waals surface area contributed by atoms with Crippen LogP contribution < -0.4 is 11.1 Å². The number of carbonyl (C=O) groups is 1. The Labute approximate surface area is 89.9 Å². The number of aromatic nitrogens is 1. The molecule has 0 aromatic carbocycles. The number of nitrogens with zero attached hydrogens (tertiary/aromatic N) is 1. The highest BCUT2D eigenvalue weighted by Gasteiger charge is 2.16. The zero-order valence-corrected chi connectivity index (χ0v) is 9.10. The molecule has 0 saturated heterocycles. The van der Waals surface area contributed by atoms with E-state index in [4.69, 9.17) is 5.73 Å². The average molecular weight is 207 g/mol. The number of hydrogen-bond donors (Lipinski definition) is 2. The van der Waals surface area contributed by atoms with Crippen molar-refractivity contribution in [1.82, 2.24) is 10.3 Å². The summed E-state index contributed by atoms with van der Waals surface area (Å²) in [5.41, 5.74) is 6.17. The summed E-state index contributed by atoms with van der Waals surface area (Å²) in [5.74, 6) is -0.319. The molecule has 0 fully saturated rings. The third-order valence-electron chi connectivity index (χ3n) is 2.33. The van der Waals surface area contributed by atoms with Gasteiger partial charge in [-0.2, -0.15) is 0 Å². The van der Waals surface area contributed by atoms with Crippen molar-refractivity contribution in [3.63, 3.8) is 0 Å². The summed E-state index contributed by atoms with van der Waals surface area (Å²) in [4.78, 5) is 15.2. The lowest BCUT2D eigenvalue weighted by Gasteiger charge is -2.19. The van der Waals surface area contributed by atoms with E-state index >= 15 is 0 Å². The second-order valence-corrected chi connectivity index (χ2v) is 3.51. The maximum Gasteiger partial charge on any atom is 0.234 e. The van der Waals surface area contributed by atoms with Crippen molar-refractivity contribution in [2.75, 3.05) is 0 Å². The molecule has 4 heteroatoms. The van der Waals surface area contributed by atoms with E-state index < -0.39 is 0 Å². The van der Waals surface area contributed by atoms with Gasteiger partial charge in [-0.1, -0.05) is 13.0 Å². The van der Waals surface area contributed by atoms with Gasteiger partial charge in [0, 0.05) is 12.2 Å². The Morgan fingerprint density at radius 2 is 2.33 bits per heavy atom. The van der Waals surface area contributed by atoms with Crippen molar-refractivity contribution < 1.29 is 4.79 Å². The number of primary amides is 1. The lowest BCUT2D eigenvalue weighted by molar-refractivity contribution is -0.120. The summed E-state index contributed by atoms with van der Waals surface area (Å²) >= 11 is 0. The zero-order valence-electron chi connectivity index (χ0n) is 9.10. The predicted octanol–water partition coefficient (Wildman–Crippen LogP) is 0.996. The molecule has 0 aliphatic rings. The van der Waals surface area contributed by atoms with Crippen molar-refractivity contribution in [2.24, 2.45) is 5.73 Å². The van der Waals surface area contributed by atoms with Gasteiger partial charge in [0.2, 0.25) is 5.91 Å². The molecule has 0 spiro atoms. The normalized spacial score (nSPS) is 14.5. The largest absolute Gasteiger partial charge is 0.368 e. The minimum absolute atomic E-state index is 0.0312. The van der Waals surface area contributed by atoms with E-state index in [0.29, 0.717) is 6.42 Å². The van der Waals surface area contributed by atoms with Crippen molar-refractivity contribution in [1.29, 1.82) is 0 Å². The van der Waals surface area contributed by atoms with Gasteiger partial charge in [-0.15, -0.1) is 0 Å².